The Balaban J connectivity index is 2.86. The van der Waals surface area contributed by atoms with Gasteiger partial charge in [-0.3, -0.25) is 4.98 Å². The third kappa shape index (κ3) is 3.26. The fraction of sp³-hybridized carbons (Fsp3) is 0.444. The van der Waals surface area contributed by atoms with Gasteiger partial charge in [0, 0.05) is 19.3 Å². The van der Waals surface area contributed by atoms with Crippen molar-refractivity contribution in [1.82, 2.24) is 9.71 Å². The van der Waals surface area contributed by atoms with Gasteiger partial charge in [0.05, 0.1) is 5.69 Å². The summed E-state index contributed by atoms with van der Waals surface area (Å²) >= 11 is 0. The molecule has 0 aromatic carbocycles. The van der Waals surface area contributed by atoms with Crippen molar-refractivity contribution in [3.05, 3.63) is 24.0 Å². The molecule has 6 heteroatoms. The predicted octanol–water partition coefficient (Wildman–Crippen LogP) is 0.229. The molecule has 1 rings (SSSR count). The zero-order valence-corrected chi connectivity index (χ0v) is 9.42. The van der Waals surface area contributed by atoms with Crippen molar-refractivity contribution in [2.24, 2.45) is 5.73 Å². The topological polar surface area (TPSA) is 85.1 Å². The quantitative estimate of drug-likeness (QED) is 0.756. The minimum absolute atomic E-state index is 0.174. The molecule has 3 N–H and O–H groups in total. The third-order valence-electron chi connectivity index (χ3n) is 1.86. The van der Waals surface area contributed by atoms with E-state index in [1.807, 2.05) is 6.92 Å². The van der Waals surface area contributed by atoms with Crippen LogP contribution < -0.4 is 10.5 Å². The van der Waals surface area contributed by atoms with Gasteiger partial charge in [0.15, 0.2) is 0 Å². The highest BCUT2D eigenvalue weighted by molar-refractivity contribution is 7.89. The molecule has 0 spiro atoms. The van der Waals surface area contributed by atoms with E-state index < -0.39 is 10.0 Å². The molecule has 0 amide bonds. The van der Waals surface area contributed by atoms with Crippen LogP contribution in [-0.4, -0.2) is 19.9 Å². The minimum Gasteiger partial charge on any atom is -0.325 e. The van der Waals surface area contributed by atoms with E-state index in [2.05, 4.69) is 9.71 Å². The summed E-state index contributed by atoms with van der Waals surface area (Å²) in [6.45, 7) is 2.64. The number of rotatable bonds is 5. The van der Waals surface area contributed by atoms with Crippen LogP contribution in [0.5, 0.6) is 0 Å². The van der Waals surface area contributed by atoms with Gasteiger partial charge in [-0.2, -0.15) is 0 Å². The lowest BCUT2D eigenvalue weighted by Crippen LogP contribution is -2.24. The lowest BCUT2D eigenvalue weighted by molar-refractivity contribution is 0.580. The van der Waals surface area contributed by atoms with Crippen LogP contribution in [0.1, 0.15) is 19.0 Å². The van der Waals surface area contributed by atoms with Gasteiger partial charge in [0.2, 0.25) is 10.0 Å². The van der Waals surface area contributed by atoms with E-state index in [-0.39, 0.29) is 4.90 Å². The van der Waals surface area contributed by atoms with Gasteiger partial charge >= 0.3 is 0 Å². The molecule has 0 bridgehead atoms. The van der Waals surface area contributed by atoms with Crippen LogP contribution in [0.3, 0.4) is 0 Å². The lowest BCUT2D eigenvalue weighted by atomic mass is 10.4. The van der Waals surface area contributed by atoms with Crippen LogP contribution in [0.2, 0.25) is 0 Å². The Hall–Kier alpha value is -0.980. The van der Waals surface area contributed by atoms with Crippen molar-refractivity contribution in [1.29, 1.82) is 0 Å². The summed E-state index contributed by atoms with van der Waals surface area (Å²) in [6.07, 6.45) is 2.08. The number of nitrogens with zero attached hydrogens (tertiary/aromatic N) is 1. The number of nitrogens with two attached hydrogens (primary N) is 1. The first-order chi connectivity index (χ1) is 7.10. The largest absolute Gasteiger partial charge is 0.325 e. The second kappa shape index (κ2) is 5.20. The summed E-state index contributed by atoms with van der Waals surface area (Å²) in [5.41, 5.74) is 6.03. The number of pyridine rings is 1. The molecule has 84 valence electrons. The van der Waals surface area contributed by atoms with E-state index in [1.54, 1.807) is 6.07 Å². The van der Waals surface area contributed by atoms with E-state index in [1.165, 1.54) is 12.3 Å². The monoisotopic (exact) mass is 229 g/mol. The molecule has 15 heavy (non-hydrogen) atoms. The first-order valence-corrected chi connectivity index (χ1v) is 6.23. The smallest absolute Gasteiger partial charge is 0.242 e. The Morgan fingerprint density at radius 2 is 2.20 bits per heavy atom. The van der Waals surface area contributed by atoms with E-state index in [9.17, 15) is 8.42 Å². The molecule has 0 saturated heterocycles. The predicted molar refractivity (Wildman–Crippen MR) is 57.6 cm³/mol. The molecule has 0 saturated carbocycles. The van der Waals surface area contributed by atoms with Crippen molar-refractivity contribution in [3.8, 4) is 0 Å². The second-order valence-electron chi connectivity index (χ2n) is 3.09. The Morgan fingerprint density at radius 1 is 1.47 bits per heavy atom. The summed E-state index contributed by atoms with van der Waals surface area (Å²) in [5, 5.41) is 0. The van der Waals surface area contributed by atoms with Gasteiger partial charge in [0.1, 0.15) is 4.90 Å². The van der Waals surface area contributed by atoms with Crippen LogP contribution in [0.25, 0.3) is 0 Å². The first-order valence-electron chi connectivity index (χ1n) is 4.75. The van der Waals surface area contributed by atoms with Crippen molar-refractivity contribution in [2.75, 3.05) is 6.54 Å². The van der Waals surface area contributed by atoms with Crippen LogP contribution in [0.4, 0.5) is 0 Å². The van der Waals surface area contributed by atoms with Crippen molar-refractivity contribution in [3.63, 3.8) is 0 Å². The standard InChI is InChI=1S/C9H15N3O2S/c1-2-5-12-15(13,14)9-4-3-8(6-10)11-7-9/h3-4,7,12H,2,5-6,10H2,1H3. The maximum Gasteiger partial charge on any atom is 0.242 e. The molecule has 0 aliphatic carbocycles. The molecule has 1 aromatic heterocycles. The lowest BCUT2D eigenvalue weighted by Gasteiger charge is -2.05. The summed E-state index contributed by atoms with van der Waals surface area (Å²) in [4.78, 5) is 4.10. The molecular weight excluding hydrogens is 214 g/mol. The van der Waals surface area contributed by atoms with Gasteiger partial charge in [-0.05, 0) is 18.6 Å². The zero-order valence-electron chi connectivity index (χ0n) is 8.60. The molecule has 0 aliphatic rings. The number of nitrogens with one attached hydrogen (secondary N) is 1. The summed E-state index contributed by atoms with van der Waals surface area (Å²) in [6, 6.07) is 3.12. The van der Waals surface area contributed by atoms with Crippen LogP contribution in [0, 0.1) is 0 Å². The van der Waals surface area contributed by atoms with E-state index in [4.69, 9.17) is 5.73 Å². The minimum atomic E-state index is -3.40. The van der Waals surface area contributed by atoms with Crippen molar-refractivity contribution in [2.45, 2.75) is 24.8 Å². The maximum atomic E-state index is 11.6. The number of hydrogen-bond acceptors (Lipinski definition) is 4. The number of aromatic nitrogens is 1. The Kier molecular flexibility index (Phi) is 4.19. The Bertz CT molecular complexity index is 400. The second-order valence-corrected chi connectivity index (χ2v) is 4.85. The highest BCUT2D eigenvalue weighted by Gasteiger charge is 2.12. The average molecular weight is 229 g/mol. The molecule has 0 atom stereocenters. The van der Waals surface area contributed by atoms with E-state index >= 15 is 0 Å². The summed E-state index contributed by atoms with van der Waals surface area (Å²) in [7, 11) is -3.40. The molecule has 1 heterocycles. The molecule has 0 unspecified atom stereocenters. The fourth-order valence-electron chi connectivity index (χ4n) is 1.01. The SMILES string of the molecule is CCCNS(=O)(=O)c1ccc(CN)nc1. The summed E-state index contributed by atoms with van der Waals surface area (Å²) < 4.78 is 25.7. The van der Waals surface area contributed by atoms with Gasteiger partial charge in [-0.25, -0.2) is 13.1 Å². The van der Waals surface area contributed by atoms with E-state index in [0.29, 0.717) is 18.8 Å². The highest BCUT2D eigenvalue weighted by atomic mass is 32.2. The number of hydrogen-bond donors (Lipinski definition) is 2. The van der Waals surface area contributed by atoms with Crippen LogP contribution >= 0.6 is 0 Å². The Morgan fingerprint density at radius 3 is 2.67 bits per heavy atom. The van der Waals surface area contributed by atoms with Crippen molar-refractivity contribution >= 4 is 10.0 Å². The molecule has 0 radical (unpaired) electrons. The molecular formula is C9H15N3O2S. The highest BCUT2D eigenvalue weighted by Crippen LogP contribution is 2.07. The molecule has 0 aliphatic heterocycles. The summed E-state index contributed by atoms with van der Waals surface area (Å²) in [5.74, 6) is 0. The first kappa shape index (κ1) is 12.1. The van der Waals surface area contributed by atoms with E-state index in [0.717, 1.165) is 6.42 Å². The molecule has 0 fully saturated rings. The van der Waals surface area contributed by atoms with Crippen LogP contribution in [-0.2, 0) is 16.6 Å². The van der Waals surface area contributed by atoms with Crippen LogP contribution in [0.15, 0.2) is 23.2 Å². The van der Waals surface area contributed by atoms with Gasteiger partial charge < -0.3 is 5.73 Å². The third-order valence-corrected chi connectivity index (χ3v) is 3.31. The molecule has 5 nitrogen and oxygen atoms in total. The maximum absolute atomic E-state index is 11.6. The van der Waals surface area contributed by atoms with Gasteiger partial charge in [0.25, 0.3) is 0 Å². The zero-order chi connectivity index (χ0) is 11.3. The van der Waals surface area contributed by atoms with Crippen molar-refractivity contribution < 1.29 is 8.42 Å². The Labute approximate surface area is 89.8 Å². The fourth-order valence-corrected chi connectivity index (χ4v) is 2.09. The number of sulfonamides is 1. The van der Waals surface area contributed by atoms with Gasteiger partial charge in [-0.15, -0.1) is 0 Å². The van der Waals surface area contributed by atoms with Gasteiger partial charge in [-0.1, -0.05) is 6.92 Å². The average Bonchev–Trinajstić information content (AvgIpc) is 2.26. The molecule has 1 aromatic rings. The normalized spacial score (nSPS) is 11.6.